The minimum absolute atomic E-state index is 0.0831. The van der Waals surface area contributed by atoms with E-state index in [9.17, 15) is 14.4 Å². The summed E-state index contributed by atoms with van der Waals surface area (Å²) in [4.78, 5) is 38.3. The van der Waals surface area contributed by atoms with Gasteiger partial charge in [-0.05, 0) is 83.5 Å². The van der Waals surface area contributed by atoms with Gasteiger partial charge >= 0.3 is 17.9 Å². The quantitative estimate of drug-likeness (QED) is 0.0261. The third kappa shape index (κ3) is 59.9. The second-order valence-corrected chi connectivity index (χ2v) is 21.3. The van der Waals surface area contributed by atoms with Crippen LogP contribution in [0.2, 0.25) is 0 Å². The molecule has 0 N–H and O–H groups in total. The molecule has 6 heteroatoms. The Bertz CT molecular complexity index is 1310. The van der Waals surface area contributed by atoms with Crippen LogP contribution in [0.1, 0.15) is 329 Å². The highest BCUT2D eigenvalue weighted by atomic mass is 16.6. The molecule has 0 aliphatic rings. The molecule has 0 spiro atoms. The number of carbonyl (C=O) groups is 3. The van der Waals surface area contributed by atoms with Gasteiger partial charge in [0.1, 0.15) is 13.2 Å². The van der Waals surface area contributed by atoms with Crippen LogP contribution < -0.4 is 0 Å². The number of ether oxygens (including phenoxy) is 3. The molecule has 424 valence electrons. The number of esters is 3. The zero-order chi connectivity index (χ0) is 52.9. The summed E-state index contributed by atoms with van der Waals surface area (Å²) in [5.41, 5.74) is 0. The zero-order valence-corrected chi connectivity index (χ0v) is 48.7. The second kappa shape index (κ2) is 61.7. The van der Waals surface area contributed by atoms with E-state index in [1.165, 1.54) is 199 Å². The molecule has 0 radical (unpaired) electrons. The maximum absolute atomic E-state index is 12.9. The summed E-state index contributed by atoms with van der Waals surface area (Å²) in [6.45, 7) is 6.53. The summed E-state index contributed by atoms with van der Waals surface area (Å²) < 4.78 is 16.9. The molecule has 0 aromatic rings. The van der Waals surface area contributed by atoms with Crippen molar-refractivity contribution in [1.82, 2.24) is 0 Å². The molecule has 0 aromatic carbocycles. The van der Waals surface area contributed by atoms with E-state index >= 15 is 0 Å². The molecular formula is C67H120O6. The van der Waals surface area contributed by atoms with Crippen molar-refractivity contribution in [2.45, 2.75) is 335 Å². The van der Waals surface area contributed by atoms with Gasteiger partial charge < -0.3 is 14.2 Å². The van der Waals surface area contributed by atoms with Gasteiger partial charge in [-0.25, -0.2) is 0 Å². The Hall–Kier alpha value is -2.89. The van der Waals surface area contributed by atoms with E-state index in [0.29, 0.717) is 19.3 Å². The molecule has 0 heterocycles. The van der Waals surface area contributed by atoms with Crippen molar-refractivity contribution in [2.24, 2.45) is 0 Å². The predicted molar refractivity (Wildman–Crippen MR) is 316 cm³/mol. The van der Waals surface area contributed by atoms with Gasteiger partial charge in [0.15, 0.2) is 6.10 Å². The highest BCUT2D eigenvalue weighted by molar-refractivity contribution is 5.71. The topological polar surface area (TPSA) is 78.9 Å². The molecule has 0 aromatic heterocycles. The lowest BCUT2D eigenvalue weighted by Gasteiger charge is -2.18. The summed E-state index contributed by atoms with van der Waals surface area (Å²) in [6.07, 6.45) is 78.0. The smallest absolute Gasteiger partial charge is 0.306 e. The first kappa shape index (κ1) is 70.1. The van der Waals surface area contributed by atoms with Crippen molar-refractivity contribution in [1.29, 1.82) is 0 Å². The first-order valence-electron chi connectivity index (χ1n) is 31.8. The molecule has 0 fully saturated rings. The lowest BCUT2D eigenvalue weighted by molar-refractivity contribution is -0.167. The van der Waals surface area contributed by atoms with Crippen LogP contribution in [0.25, 0.3) is 0 Å². The Morgan fingerprint density at radius 3 is 0.849 bits per heavy atom. The second-order valence-electron chi connectivity index (χ2n) is 21.3. The van der Waals surface area contributed by atoms with Crippen LogP contribution in [-0.2, 0) is 28.6 Å². The van der Waals surface area contributed by atoms with E-state index in [-0.39, 0.29) is 31.1 Å². The molecule has 0 amide bonds. The Kier molecular flexibility index (Phi) is 59.2. The van der Waals surface area contributed by atoms with E-state index in [2.05, 4.69) is 81.5 Å². The van der Waals surface area contributed by atoms with Crippen LogP contribution >= 0.6 is 0 Å². The highest BCUT2D eigenvalue weighted by Gasteiger charge is 2.19. The van der Waals surface area contributed by atoms with Gasteiger partial charge in [-0.3, -0.25) is 14.4 Å². The fourth-order valence-corrected chi connectivity index (χ4v) is 9.25. The standard InChI is InChI=1S/C67H120O6/c1-4-7-10-13-16-19-22-25-27-29-31-33-35-37-39-42-45-48-51-54-57-60-66(69)72-63-64(62-71-65(68)59-56-53-50-47-44-41-24-21-18-15-12-9-6-3)73-67(70)61-58-55-52-49-46-43-40-38-36-34-32-30-28-26-23-20-17-14-11-8-5-2/h9,12,18,21-22,25,29,31,41,44,64H,4-8,10-11,13-17,19-20,23-24,26-28,30,32-40,42-43,45-63H2,1-3H3/b12-9-,21-18-,25-22-,31-29-,44-41-. The van der Waals surface area contributed by atoms with Gasteiger partial charge in [-0.2, -0.15) is 0 Å². The number of hydrogen-bond donors (Lipinski definition) is 0. The average molecular weight is 1020 g/mol. The molecular weight excluding hydrogens is 901 g/mol. The molecule has 1 unspecified atom stereocenters. The fourth-order valence-electron chi connectivity index (χ4n) is 9.25. The Morgan fingerprint density at radius 2 is 0.534 bits per heavy atom. The van der Waals surface area contributed by atoms with Crippen LogP contribution in [0.15, 0.2) is 60.8 Å². The monoisotopic (exact) mass is 1020 g/mol. The van der Waals surface area contributed by atoms with Crippen LogP contribution in [0.4, 0.5) is 0 Å². The van der Waals surface area contributed by atoms with E-state index in [1.807, 2.05) is 0 Å². The number of hydrogen-bond acceptors (Lipinski definition) is 6. The average Bonchev–Trinajstić information content (AvgIpc) is 3.39. The number of carbonyl (C=O) groups excluding carboxylic acids is 3. The maximum atomic E-state index is 12.9. The van der Waals surface area contributed by atoms with Crippen LogP contribution in [0.5, 0.6) is 0 Å². The van der Waals surface area contributed by atoms with Crippen LogP contribution in [0.3, 0.4) is 0 Å². The fraction of sp³-hybridized carbons (Fsp3) is 0.806. The van der Waals surface area contributed by atoms with E-state index in [4.69, 9.17) is 14.2 Å². The first-order valence-corrected chi connectivity index (χ1v) is 31.8. The third-order valence-corrected chi connectivity index (χ3v) is 14.0. The lowest BCUT2D eigenvalue weighted by atomic mass is 10.0. The van der Waals surface area contributed by atoms with Crippen molar-refractivity contribution in [3.8, 4) is 0 Å². The highest BCUT2D eigenvalue weighted by Crippen LogP contribution is 2.17. The zero-order valence-electron chi connectivity index (χ0n) is 48.7. The number of allylic oxidation sites excluding steroid dienone is 10. The summed E-state index contributed by atoms with van der Waals surface area (Å²) in [5.74, 6) is -0.899. The molecule has 0 aliphatic heterocycles. The first-order chi connectivity index (χ1) is 36.0. The summed E-state index contributed by atoms with van der Waals surface area (Å²) in [5, 5.41) is 0. The van der Waals surface area contributed by atoms with Gasteiger partial charge in [-0.1, -0.05) is 287 Å². The van der Waals surface area contributed by atoms with Crippen molar-refractivity contribution in [3.63, 3.8) is 0 Å². The molecule has 0 bridgehead atoms. The van der Waals surface area contributed by atoms with Crippen LogP contribution in [0, 0.1) is 0 Å². The molecule has 6 nitrogen and oxygen atoms in total. The Morgan fingerprint density at radius 1 is 0.288 bits per heavy atom. The maximum Gasteiger partial charge on any atom is 0.306 e. The SMILES string of the molecule is CC/C=C\C/C=C\C/C=C\CCCCCC(=O)OCC(COC(=O)CCCCCCCCCCC/C=C\C/C=C\CCCCCCC)OC(=O)CCCCCCCCCCCCCCCCCCCCCCC. The van der Waals surface area contributed by atoms with Gasteiger partial charge in [0.25, 0.3) is 0 Å². The van der Waals surface area contributed by atoms with Crippen molar-refractivity contribution >= 4 is 17.9 Å². The van der Waals surface area contributed by atoms with Gasteiger partial charge in [0.2, 0.25) is 0 Å². The Balaban J connectivity index is 4.32. The van der Waals surface area contributed by atoms with Gasteiger partial charge in [-0.15, -0.1) is 0 Å². The predicted octanol–water partition coefficient (Wildman–Crippen LogP) is 21.6. The summed E-state index contributed by atoms with van der Waals surface area (Å²) >= 11 is 0. The summed E-state index contributed by atoms with van der Waals surface area (Å²) in [6, 6.07) is 0. The van der Waals surface area contributed by atoms with Crippen molar-refractivity contribution in [2.75, 3.05) is 13.2 Å². The Labute approximate surface area is 453 Å². The summed E-state index contributed by atoms with van der Waals surface area (Å²) in [7, 11) is 0. The van der Waals surface area contributed by atoms with Crippen LogP contribution in [-0.4, -0.2) is 37.2 Å². The number of rotatable bonds is 58. The van der Waals surface area contributed by atoms with Gasteiger partial charge in [0, 0.05) is 19.3 Å². The molecule has 0 saturated carbocycles. The van der Waals surface area contributed by atoms with E-state index < -0.39 is 6.10 Å². The van der Waals surface area contributed by atoms with Crippen molar-refractivity contribution in [3.05, 3.63) is 60.8 Å². The molecule has 73 heavy (non-hydrogen) atoms. The minimum Gasteiger partial charge on any atom is -0.462 e. The normalized spacial score (nSPS) is 12.4. The molecule has 0 rings (SSSR count). The molecule has 0 saturated heterocycles. The van der Waals surface area contributed by atoms with Crippen molar-refractivity contribution < 1.29 is 28.6 Å². The molecule has 1 atom stereocenters. The third-order valence-electron chi connectivity index (χ3n) is 14.0. The lowest BCUT2D eigenvalue weighted by Crippen LogP contribution is -2.30. The van der Waals surface area contributed by atoms with E-state index in [0.717, 1.165) is 89.9 Å². The largest absolute Gasteiger partial charge is 0.462 e. The van der Waals surface area contributed by atoms with E-state index in [1.54, 1.807) is 0 Å². The molecule has 0 aliphatic carbocycles. The number of unbranched alkanes of at least 4 members (excludes halogenated alkanes) is 37. The van der Waals surface area contributed by atoms with Gasteiger partial charge in [0.05, 0.1) is 0 Å². The minimum atomic E-state index is -0.787.